The summed E-state index contributed by atoms with van der Waals surface area (Å²) in [7, 11) is 3.17. The predicted octanol–water partition coefficient (Wildman–Crippen LogP) is 4.87. The molecular formula is C15H14BrClFNO2. The van der Waals surface area contributed by atoms with Gasteiger partial charge in [-0.2, -0.15) is 0 Å². The van der Waals surface area contributed by atoms with Crippen LogP contribution >= 0.6 is 27.5 Å². The Kier molecular flexibility index (Phi) is 5.31. The molecule has 0 bridgehead atoms. The van der Waals surface area contributed by atoms with Gasteiger partial charge in [0.2, 0.25) is 0 Å². The number of nitrogens with one attached hydrogen (secondary N) is 1. The lowest BCUT2D eigenvalue weighted by molar-refractivity contribution is 0.354. The van der Waals surface area contributed by atoms with Crippen LogP contribution in [0.2, 0.25) is 5.02 Å². The average molecular weight is 375 g/mol. The Balaban J connectivity index is 2.17. The highest BCUT2D eigenvalue weighted by molar-refractivity contribution is 9.10. The first-order valence-corrected chi connectivity index (χ1v) is 7.31. The molecule has 3 nitrogen and oxygen atoms in total. The van der Waals surface area contributed by atoms with E-state index in [9.17, 15) is 4.39 Å². The van der Waals surface area contributed by atoms with Crippen molar-refractivity contribution in [3.05, 3.63) is 51.2 Å². The number of benzene rings is 2. The Morgan fingerprint density at radius 1 is 1.14 bits per heavy atom. The van der Waals surface area contributed by atoms with Crippen molar-refractivity contribution in [1.82, 2.24) is 0 Å². The molecule has 2 rings (SSSR count). The molecule has 112 valence electrons. The molecule has 0 aromatic heterocycles. The maximum atomic E-state index is 13.1. The Morgan fingerprint density at radius 2 is 1.81 bits per heavy atom. The third-order valence-electron chi connectivity index (χ3n) is 2.96. The number of hydrogen-bond acceptors (Lipinski definition) is 3. The molecule has 0 heterocycles. The van der Waals surface area contributed by atoms with Gasteiger partial charge in [0.05, 0.1) is 19.2 Å². The van der Waals surface area contributed by atoms with E-state index in [0.717, 1.165) is 15.7 Å². The van der Waals surface area contributed by atoms with E-state index < -0.39 is 5.82 Å². The van der Waals surface area contributed by atoms with E-state index in [1.165, 1.54) is 6.07 Å². The highest BCUT2D eigenvalue weighted by Crippen LogP contribution is 2.33. The Hall–Kier alpha value is -1.46. The van der Waals surface area contributed by atoms with Gasteiger partial charge in [0.1, 0.15) is 5.82 Å². The lowest BCUT2D eigenvalue weighted by Crippen LogP contribution is -2.02. The van der Waals surface area contributed by atoms with Crippen molar-refractivity contribution in [2.24, 2.45) is 0 Å². The van der Waals surface area contributed by atoms with Gasteiger partial charge < -0.3 is 14.8 Å². The number of anilines is 1. The molecule has 0 aliphatic heterocycles. The van der Waals surface area contributed by atoms with Crippen LogP contribution in [0.15, 0.2) is 34.8 Å². The maximum Gasteiger partial charge on any atom is 0.161 e. The van der Waals surface area contributed by atoms with Crippen LogP contribution in [-0.4, -0.2) is 14.2 Å². The van der Waals surface area contributed by atoms with E-state index in [-0.39, 0.29) is 5.02 Å². The monoisotopic (exact) mass is 373 g/mol. The molecule has 0 amide bonds. The van der Waals surface area contributed by atoms with Gasteiger partial charge in [0.15, 0.2) is 11.5 Å². The SMILES string of the molecule is COc1cc(Br)c(CNc2ccc(F)c(Cl)c2)cc1OC. The van der Waals surface area contributed by atoms with Gasteiger partial charge in [-0.25, -0.2) is 4.39 Å². The summed E-state index contributed by atoms with van der Waals surface area (Å²) in [6, 6.07) is 8.23. The molecule has 0 radical (unpaired) electrons. The fourth-order valence-corrected chi connectivity index (χ4v) is 2.48. The van der Waals surface area contributed by atoms with Crippen molar-refractivity contribution in [1.29, 1.82) is 0 Å². The van der Waals surface area contributed by atoms with Gasteiger partial charge in [0.25, 0.3) is 0 Å². The number of rotatable bonds is 5. The second kappa shape index (κ2) is 7.00. The van der Waals surface area contributed by atoms with Gasteiger partial charge in [0, 0.05) is 16.7 Å². The standard InChI is InChI=1S/C15H14BrClFNO2/c1-20-14-5-9(11(16)7-15(14)21-2)8-19-10-3-4-13(18)12(17)6-10/h3-7,19H,8H2,1-2H3. The summed E-state index contributed by atoms with van der Waals surface area (Å²) >= 11 is 9.24. The van der Waals surface area contributed by atoms with Crippen molar-refractivity contribution < 1.29 is 13.9 Å². The topological polar surface area (TPSA) is 30.5 Å². The summed E-state index contributed by atoms with van der Waals surface area (Å²) in [4.78, 5) is 0. The molecule has 2 aromatic carbocycles. The van der Waals surface area contributed by atoms with Gasteiger partial charge in [-0.15, -0.1) is 0 Å². The van der Waals surface area contributed by atoms with E-state index in [2.05, 4.69) is 21.2 Å². The van der Waals surface area contributed by atoms with Crippen molar-refractivity contribution in [2.45, 2.75) is 6.54 Å². The zero-order chi connectivity index (χ0) is 15.4. The number of hydrogen-bond donors (Lipinski definition) is 1. The molecule has 0 fully saturated rings. The van der Waals surface area contributed by atoms with Crippen molar-refractivity contribution >= 4 is 33.2 Å². The van der Waals surface area contributed by atoms with E-state index in [4.69, 9.17) is 21.1 Å². The molecule has 0 saturated heterocycles. The molecule has 2 aromatic rings. The first-order chi connectivity index (χ1) is 10.0. The summed E-state index contributed by atoms with van der Waals surface area (Å²) in [6.07, 6.45) is 0. The van der Waals surface area contributed by atoms with Gasteiger partial charge >= 0.3 is 0 Å². The normalized spacial score (nSPS) is 10.3. The summed E-state index contributed by atoms with van der Waals surface area (Å²) in [5, 5.41) is 3.27. The molecule has 6 heteroatoms. The summed E-state index contributed by atoms with van der Waals surface area (Å²) in [5.41, 5.74) is 1.72. The number of halogens is 3. The minimum absolute atomic E-state index is 0.0892. The summed E-state index contributed by atoms with van der Waals surface area (Å²) in [6.45, 7) is 0.531. The van der Waals surface area contributed by atoms with Crippen LogP contribution in [0.25, 0.3) is 0 Å². The van der Waals surface area contributed by atoms with E-state index in [0.29, 0.717) is 18.0 Å². The van der Waals surface area contributed by atoms with E-state index in [1.54, 1.807) is 26.4 Å². The molecule has 0 saturated carbocycles. The molecule has 21 heavy (non-hydrogen) atoms. The largest absolute Gasteiger partial charge is 0.493 e. The number of ether oxygens (including phenoxy) is 2. The molecule has 0 aliphatic rings. The van der Waals surface area contributed by atoms with E-state index >= 15 is 0 Å². The second-order valence-corrected chi connectivity index (χ2v) is 5.54. The molecule has 0 spiro atoms. The zero-order valence-electron chi connectivity index (χ0n) is 11.5. The Labute approximate surface area is 136 Å². The molecule has 0 atom stereocenters. The quantitative estimate of drug-likeness (QED) is 0.810. The van der Waals surface area contributed by atoms with Crippen LogP contribution in [0.1, 0.15) is 5.56 Å². The lowest BCUT2D eigenvalue weighted by atomic mass is 10.2. The van der Waals surface area contributed by atoms with Crippen LogP contribution in [0.5, 0.6) is 11.5 Å². The lowest BCUT2D eigenvalue weighted by Gasteiger charge is -2.13. The zero-order valence-corrected chi connectivity index (χ0v) is 13.9. The summed E-state index contributed by atoms with van der Waals surface area (Å²) in [5.74, 6) is 0.863. The second-order valence-electron chi connectivity index (χ2n) is 4.28. The highest BCUT2D eigenvalue weighted by atomic mass is 79.9. The molecule has 1 N–H and O–H groups in total. The Bertz CT molecular complexity index is 652. The average Bonchev–Trinajstić information content (AvgIpc) is 2.49. The van der Waals surface area contributed by atoms with Gasteiger partial charge in [-0.3, -0.25) is 0 Å². The van der Waals surface area contributed by atoms with Crippen LogP contribution in [0.4, 0.5) is 10.1 Å². The van der Waals surface area contributed by atoms with Crippen LogP contribution < -0.4 is 14.8 Å². The molecular weight excluding hydrogens is 361 g/mol. The van der Waals surface area contributed by atoms with Crippen molar-refractivity contribution in [3.8, 4) is 11.5 Å². The predicted molar refractivity (Wildman–Crippen MR) is 86.0 cm³/mol. The van der Waals surface area contributed by atoms with Crippen LogP contribution in [0.3, 0.4) is 0 Å². The first-order valence-electron chi connectivity index (χ1n) is 6.14. The van der Waals surface area contributed by atoms with Gasteiger partial charge in [-0.05, 0) is 35.9 Å². The fourth-order valence-electron chi connectivity index (χ4n) is 1.84. The highest BCUT2D eigenvalue weighted by Gasteiger charge is 2.09. The minimum Gasteiger partial charge on any atom is -0.493 e. The third kappa shape index (κ3) is 3.80. The summed E-state index contributed by atoms with van der Waals surface area (Å²) < 4.78 is 24.5. The van der Waals surface area contributed by atoms with Crippen molar-refractivity contribution in [3.63, 3.8) is 0 Å². The first kappa shape index (κ1) is 15.9. The van der Waals surface area contributed by atoms with Crippen molar-refractivity contribution in [2.75, 3.05) is 19.5 Å². The number of methoxy groups -OCH3 is 2. The molecule has 0 unspecified atom stereocenters. The third-order valence-corrected chi connectivity index (χ3v) is 3.98. The maximum absolute atomic E-state index is 13.1. The van der Waals surface area contributed by atoms with Gasteiger partial charge in [-0.1, -0.05) is 27.5 Å². The van der Waals surface area contributed by atoms with Crippen LogP contribution in [-0.2, 0) is 6.54 Å². The molecule has 0 aliphatic carbocycles. The Morgan fingerprint density at radius 3 is 2.43 bits per heavy atom. The van der Waals surface area contributed by atoms with Crippen LogP contribution in [0, 0.1) is 5.82 Å². The fraction of sp³-hybridized carbons (Fsp3) is 0.200. The minimum atomic E-state index is -0.436. The van der Waals surface area contributed by atoms with E-state index in [1.807, 2.05) is 12.1 Å². The smallest absolute Gasteiger partial charge is 0.161 e.